The van der Waals surface area contributed by atoms with Gasteiger partial charge in [-0.1, -0.05) is 6.07 Å². The molecule has 2 aromatic rings. The number of piperazine rings is 1. The maximum absolute atomic E-state index is 12.6. The van der Waals surface area contributed by atoms with Crippen LogP contribution in [0, 0.1) is 6.92 Å². The summed E-state index contributed by atoms with van der Waals surface area (Å²) < 4.78 is 37.8. The van der Waals surface area contributed by atoms with E-state index in [1.807, 2.05) is 11.8 Å². The lowest BCUT2D eigenvalue weighted by atomic mass is 10.1. The number of carbonyl (C=O) groups excluding carboxylic acids is 1. The van der Waals surface area contributed by atoms with Crippen molar-refractivity contribution in [3.05, 3.63) is 53.2 Å². The van der Waals surface area contributed by atoms with Crippen LogP contribution in [-0.2, 0) is 6.18 Å². The van der Waals surface area contributed by atoms with Gasteiger partial charge in [-0.05, 0) is 36.8 Å². The van der Waals surface area contributed by atoms with Crippen LogP contribution in [0.5, 0.6) is 5.75 Å². The van der Waals surface area contributed by atoms with Crippen LogP contribution in [0.4, 0.5) is 19.0 Å². The lowest BCUT2D eigenvalue weighted by Crippen LogP contribution is -2.49. The van der Waals surface area contributed by atoms with Crippen LogP contribution in [0.25, 0.3) is 0 Å². The van der Waals surface area contributed by atoms with Crippen molar-refractivity contribution in [1.82, 2.24) is 9.88 Å². The lowest BCUT2D eigenvalue weighted by molar-refractivity contribution is -0.137. The molecule has 1 aromatic carbocycles. The molecule has 0 atom stereocenters. The minimum atomic E-state index is -4.41. The Morgan fingerprint density at radius 2 is 1.81 bits per heavy atom. The minimum absolute atomic E-state index is 0.0539. The van der Waals surface area contributed by atoms with Crippen LogP contribution >= 0.6 is 0 Å². The number of phenolic OH excluding ortho intramolecular Hbond substituents is 1. The molecule has 1 saturated heterocycles. The van der Waals surface area contributed by atoms with E-state index in [1.54, 1.807) is 17.0 Å². The van der Waals surface area contributed by atoms with Crippen LogP contribution in [0.15, 0.2) is 36.5 Å². The molecule has 1 N–H and O–H groups in total. The van der Waals surface area contributed by atoms with Crippen LogP contribution in [0.1, 0.15) is 21.5 Å². The number of phenols is 1. The number of alkyl halides is 3. The summed E-state index contributed by atoms with van der Waals surface area (Å²) in [7, 11) is 0. The number of carbonyl (C=O) groups is 1. The molecule has 0 saturated carbocycles. The summed E-state index contributed by atoms with van der Waals surface area (Å²) in [5.41, 5.74) is 0.318. The molecule has 0 radical (unpaired) electrons. The van der Waals surface area contributed by atoms with Crippen molar-refractivity contribution in [3.8, 4) is 5.75 Å². The third kappa shape index (κ3) is 3.74. The number of halogens is 3. The summed E-state index contributed by atoms with van der Waals surface area (Å²) >= 11 is 0. The van der Waals surface area contributed by atoms with E-state index in [9.17, 15) is 23.1 Å². The predicted molar refractivity (Wildman–Crippen MR) is 90.2 cm³/mol. The fourth-order valence-electron chi connectivity index (χ4n) is 2.87. The fourth-order valence-corrected chi connectivity index (χ4v) is 2.87. The van der Waals surface area contributed by atoms with Gasteiger partial charge in [-0.3, -0.25) is 4.79 Å². The number of rotatable bonds is 2. The number of hydrogen-bond donors (Lipinski definition) is 1. The quantitative estimate of drug-likeness (QED) is 0.889. The highest BCUT2D eigenvalue weighted by molar-refractivity contribution is 5.97. The third-order valence-corrected chi connectivity index (χ3v) is 4.35. The molecular weight excluding hydrogens is 347 g/mol. The number of aromatic nitrogens is 1. The number of amides is 1. The number of aryl methyl sites for hydroxylation is 1. The molecule has 138 valence electrons. The van der Waals surface area contributed by atoms with Crippen LogP contribution in [-0.4, -0.2) is 47.1 Å². The number of hydrogen-bond acceptors (Lipinski definition) is 4. The Labute approximate surface area is 148 Å². The Morgan fingerprint density at radius 1 is 1.12 bits per heavy atom. The van der Waals surface area contributed by atoms with Crippen molar-refractivity contribution < 1.29 is 23.1 Å². The molecule has 1 amide bonds. The number of anilines is 1. The van der Waals surface area contributed by atoms with Gasteiger partial charge in [0.25, 0.3) is 5.91 Å². The molecule has 26 heavy (non-hydrogen) atoms. The third-order valence-electron chi connectivity index (χ3n) is 4.35. The normalized spacial score (nSPS) is 15.2. The Morgan fingerprint density at radius 3 is 2.35 bits per heavy atom. The van der Waals surface area contributed by atoms with Crippen molar-refractivity contribution in [3.63, 3.8) is 0 Å². The van der Waals surface area contributed by atoms with E-state index in [4.69, 9.17) is 0 Å². The molecule has 0 bridgehead atoms. The van der Waals surface area contributed by atoms with E-state index in [1.165, 1.54) is 12.1 Å². The van der Waals surface area contributed by atoms with Gasteiger partial charge in [0, 0.05) is 32.4 Å². The predicted octanol–water partition coefficient (Wildman–Crippen LogP) is 3.08. The van der Waals surface area contributed by atoms with E-state index in [2.05, 4.69) is 4.98 Å². The summed E-state index contributed by atoms with van der Waals surface area (Å²) in [6.45, 7) is 3.53. The highest BCUT2D eigenvalue weighted by atomic mass is 19.4. The van der Waals surface area contributed by atoms with E-state index < -0.39 is 11.7 Å². The zero-order valence-electron chi connectivity index (χ0n) is 14.1. The maximum Gasteiger partial charge on any atom is 0.417 e. The average Bonchev–Trinajstić information content (AvgIpc) is 2.61. The molecule has 1 aliphatic heterocycles. The highest BCUT2D eigenvalue weighted by Crippen LogP contribution is 2.29. The van der Waals surface area contributed by atoms with Gasteiger partial charge in [0.15, 0.2) is 0 Å². The second-order valence-corrected chi connectivity index (χ2v) is 6.20. The Hall–Kier alpha value is -2.77. The summed E-state index contributed by atoms with van der Waals surface area (Å²) in [6, 6.07) is 7.23. The monoisotopic (exact) mass is 365 g/mol. The van der Waals surface area contributed by atoms with Gasteiger partial charge in [-0.25, -0.2) is 4.98 Å². The first-order valence-corrected chi connectivity index (χ1v) is 8.13. The molecular formula is C18H18F3N3O2. The molecule has 8 heteroatoms. The second kappa shape index (κ2) is 6.86. The lowest BCUT2D eigenvalue weighted by Gasteiger charge is -2.35. The summed E-state index contributed by atoms with van der Waals surface area (Å²) in [5.74, 6) is 0.132. The largest absolute Gasteiger partial charge is 0.507 e. The second-order valence-electron chi connectivity index (χ2n) is 6.20. The van der Waals surface area contributed by atoms with Crippen molar-refractivity contribution in [2.45, 2.75) is 13.1 Å². The molecule has 0 aliphatic carbocycles. The zero-order valence-corrected chi connectivity index (χ0v) is 14.1. The van der Waals surface area contributed by atoms with Gasteiger partial charge in [0.2, 0.25) is 0 Å². The van der Waals surface area contributed by atoms with Crippen LogP contribution in [0.3, 0.4) is 0 Å². The molecule has 2 heterocycles. The Kier molecular flexibility index (Phi) is 4.76. The van der Waals surface area contributed by atoms with Gasteiger partial charge < -0.3 is 14.9 Å². The Bertz CT molecular complexity index is 798. The van der Waals surface area contributed by atoms with Crippen molar-refractivity contribution in [2.24, 2.45) is 0 Å². The topological polar surface area (TPSA) is 56.7 Å². The highest BCUT2D eigenvalue weighted by Gasteiger charge is 2.31. The van der Waals surface area contributed by atoms with Crippen molar-refractivity contribution >= 4 is 11.7 Å². The standard InChI is InChI=1S/C18H18F3N3O2/c1-12-2-4-14(15(25)10-12)17(26)24-8-6-23(7-9-24)16-5-3-13(11-22-16)18(19,20)21/h2-5,10-11,25H,6-9H2,1H3. The van der Waals surface area contributed by atoms with Gasteiger partial charge in [0.1, 0.15) is 11.6 Å². The summed E-state index contributed by atoms with van der Waals surface area (Å²) in [4.78, 5) is 19.9. The molecule has 0 spiro atoms. The van der Waals surface area contributed by atoms with Gasteiger partial charge in [0.05, 0.1) is 11.1 Å². The average molecular weight is 365 g/mol. The first-order chi connectivity index (χ1) is 12.3. The van der Waals surface area contributed by atoms with Gasteiger partial charge in [-0.2, -0.15) is 13.2 Å². The number of pyridine rings is 1. The summed E-state index contributed by atoms with van der Waals surface area (Å²) in [6.07, 6.45) is -3.59. The molecule has 1 fully saturated rings. The Balaban J connectivity index is 1.64. The summed E-state index contributed by atoms with van der Waals surface area (Å²) in [5, 5.41) is 9.95. The van der Waals surface area contributed by atoms with Crippen molar-refractivity contribution in [2.75, 3.05) is 31.1 Å². The number of aromatic hydroxyl groups is 1. The first-order valence-electron chi connectivity index (χ1n) is 8.13. The first kappa shape index (κ1) is 18.0. The fraction of sp³-hybridized carbons (Fsp3) is 0.333. The smallest absolute Gasteiger partial charge is 0.417 e. The van der Waals surface area contributed by atoms with E-state index in [-0.39, 0.29) is 17.2 Å². The SMILES string of the molecule is Cc1ccc(C(=O)N2CCN(c3ccc(C(F)(F)F)cn3)CC2)c(O)c1. The van der Waals surface area contributed by atoms with Gasteiger partial charge in [-0.15, -0.1) is 0 Å². The maximum atomic E-state index is 12.6. The van der Waals surface area contributed by atoms with Crippen molar-refractivity contribution in [1.29, 1.82) is 0 Å². The van der Waals surface area contributed by atoms with E-state index >= 15 is 0 Å². The van der Waals surface area contributed by atoms with Crippen LogP contribution < -0.4 is 4.90 Å². The molecule has 3 rings (SSSR count). The molecule has 0 unspecified atom stereocenters. The molecule has 1 aromatic heterocycles. The number of benzene rings is 1. The van der Waals surface area contributed by atoms with Gasteiger partial charge >= 0.3 is 6.18 Å². The van der Waals surface area contributed by atoms with E-state index in [0.29, 0.717) is 32.0 Å². The molecule has 1 aliphatic rings. The van der Waals surface area contributed by atoms with Crippen LogP contribution in [0.2, 0.25) is 0 Å². The zero-order chi connectivity index (χ0) is 18.9. The number of nitrogens with zero attached hydrogens (tertiary/aromatic N) is 3. The van der Waals surface area contributed by atoms with E-state index in [0.717, 1.165) is 17.8 Å². The minimum Gasteiger partial charge on any atom is -0.507 e. The molecule has 5 nitrogen and oxygen atoms in total.